The van der Waals surface area contributed by atoms with Crippen LogP contribution in [0.1, 0.15) is 11.1 Å². The predicted molar refractivity (Wildman–Crippen MR) is 66.5 cm³/mol. The molecule has 1 N–H and O–H groups in total. The highest BCUT2D eigenvalue weighted by atomic mass is 16.5. The van der Waals surface area contributed by atoms with Crippen LogP contribution in [0.5, 0.6) is 5.88 Å². The average Bonchev–Trinajstić information content (AvgIpc) is 2.41. The molecule has 18 heavy (non-hydrogen) atoms. The maximum atomic E-state index is 11.6. The Morgan fingerprint density at radius 2 is 2.06 bits per heavy atom. The molecule has 1 heterocycles. The molecule has 0 fully saturated rings. The van der Waals surface area contributed by atoms with Gasteiger partial charge in [-0.25, -0.2) is 4.68 Å². The lowest BCUT2D eigenvalue weighted by Gasteiger charge is -2.07. The number of aliphatic hydroxyl groups excluding tert-OH is 1. The number of aliphatic hydroxyl groups is 1. The van der Waals surface area contributed by atoms with Crippen molar-refractivity contribution in [2.45, 2.75) is 13.2 Å². The molecule has 2 rings (SSSR count). The SMILES string of the molecule is COc1ccc(=O)n(Cc2cccc(CO)c2)n1. The zero-order valence-corrected chi connectivity index (χ0v) is 10.0. The maximum absolute atomic E-state index is 11.6. The van der Waals surface area contributed by atoms with Gasteiger partial charge in [-0.15, -0.1) is 5.10 Å². The monoisotopic (exact) mass is 246 g/mol. The summed E-state index contributed by atoms with van der Waals surface area (Å²) >= 11 is 0. The summed E-state index contributed by atoms with van der Waals surface area (Å²) in [4.78, 5) is 11.6. The Balaban J connectivity index is 2.30. The lowest BCUT2D eigenvalue weighted by Crippen LogP contribution is -2.22. The van der Waals surface area contributed by atoms with Crippen molar-refractivity contribution in [1.82, 2.24) is 9.78 Å². The van der Waals surface area contributed by atoms with Gasteiger partial charge >= 0.3 is 0 Å². The molecule has 0 atom stereocenters. The highest BCUT2D eigenvalue weighted by molar-refractivity contribution is 5.23. The van der Waals surface area contributed by atoms with Crippen molar-refractivity contribution in [1.29, 1.82) is 0 Å². The van der Waals surface area contributed by atoms with Gasteiger partial charge in [0.15, 0.2) is 0 Å². The van der Waals surface area contributed by atoms with Crippen LogP contribution in [0.2, 0.25) is 0 Å². The van der Waals surface area contributed by atoms with Gasteiger partial charge in [0.05, 0.1) is 20.3 Å². The number of nitrogens with zero attached hydrogens (tertiary/aromatic N) is 2. The molecule has 0 unspecified atom stereocenters. The summed E-state index contributed by atoms with van der Waals surface area (Å²) in [6.07, 6.45) is 0. The molecular formula is C13H14N2O3. The normalized spacial score (nSPS) is 10.3. The number of hydrogen-bond acceptors (Lipinski definition) is 4. The van der Waals surface area contributed by atoms with Crippen LogP contribution >= 0.6 is 0 Å². The molecule has 1 aromatic carbocycles. The minimum absolute atomic E-state index is 0.0196. The van der Waals surface area contributed by atoms with E-state index < -0.39 is 0 Å². The molecule has 0 aliphatic rings. The number of aromatic nitrogens is 2. The first-order valence-electron chi connectivity index (χ1n) is 5.54. The third kappa shape index (κ3) is 2.75. The summed E-state index contributed by atoms with van der Waals surface area (Å²) in [5.74, 6) is 0.396. The lowest BCUT2D eigenvalue weighted by molar-refractivity contribution is 0.281. The zero-order valence-electron chi connectivity index (χ0n) is 10.0. The maximum Gasteiger partial charge on any atom is 0.267 e. The topological polar surface area (TPSA) is 64.3 Å². The summed E-state index contributed by atoms with van der Waals surface area (Å²) in [6, 6.07) is 10.3. The standard InChI is InChI=1S/C13H14N2O3/c1-18-12-5-6-13(17)15(14-12)8-10-3-2-4-11(7-10)9-16/h2-7,16H,8-9H2,1H3. The second kappa shape index (κ2) is 5.46. The third-order valence-corrected chi connectivity index (χ3v) is 2.56. The summed E-state index contributed by atoms with van der Waals surface area (Å²) in [7, 11) is 1.50. The molecular weight excluding hydrogens is 232 g/mol. The molecule has 0 spiro atoms. The first-order chi connectivity index (χ1) is 8.72. The van der Waals surface area contributed by atoms with Gasteiger partial charge in [-0.05, 0) is 11.1 Å². The van der Waals surface area contributed by atoms with E-state index in [9.17, 15) is 4.79 Å². The van der Waals surface area contributed by atoms with Crippen LogP contribution in [-0.4, -0.2) is 22.0 Å². The van der Waals surface area contributed by atoms with Crippen molar-refractivity contribution >= 4 is 0 Å². The molecule has 0 amide bonds. The van der Waals surface area contributed by atoms with E-state index in [0.29, 0.717) is 12.4 Å². The van der Waals surface area contributed by atoms with Crippen LogP contribution in [0.25, 0.3) is 0 Å². The van der Waals surface area contributed by atoms with E-state index in [1.165, 1.54) is 23.9 Å². The first kappa shape index (κ1) is 12.3. The Labute approximate surface area is 104 Å². The van der Waals surface area contributed by atoms with Crippen molar-refractivity contribution < 1.29 is 9.84 Å². The molecule has 0 aliphatic carbocycles. The summed E-state index contributed by atoms with van der Waals surface area (Å²) in [5, 5.41) is 13.1. The highest BCUT2D eigenvalue weighted by Crippen LogP contribution is 2.07. The van der Waals surface area contributed by atoms with Gasteiger partial charge in [0.2, 0.25) is 5.88 Å². The van der Waals surface area contributed by atoms with Gasteiger partial charge in [-0.1, -0.05) is 24.3 Å². The Kier molecular flexibility index (Phi) is 3.74. The van der Waals surface area contributed by atoms with E-state index in [4.69, 9.17) is 9.84 Å². The number of methoxy groups -OCH3 is 1. The van der Waals surface area contributed by atoms with E-state index in [1.807, 2.05) is 24.3 Å². The van der Waals surface area contributed by atoms with Crippen molar-refractivity contribution in [2.75, 3.05) is 7.11 Å². The van der Waals surface area contributed by atoms with E-state index in [2.05, 4.69) is 5.10 Å². The van der Waals surface area contributed by atoms with E-state index >= 15 is 0 Å². The molecule has 0 saturated heterocycles. The van der Waals surface area contributed by atoms with Crippen molar-refractivity contribution in [2.24, 2.45) is 0 Å². The van der Waals surface area contributed by atoms with E-state index in [-0.39, 0.29) is 12.2 Å². The molecule has 0 saturated carbocycles. The number of benzene rings is 1. The fourth-order valence-electron chi connectivity index (χ4n) is 1.65. The molecule has 94 valence electrons. The minimum Gasteiger partial charge on any atom is -0.480 e. The molecule has 2 aromatic rings. The Bertz CT molecular complexity index is 593. The largest absolute Gasteiger partial charge is 0.480 e. The quantitative estimate of drug-likeness (QED) is 0.866. The molecule has 0 radical (unpaired) electrons. The van der Waals surface area contributed by atoms with Crippen LogP contribution in [0.4, 0.5) is 0 Å². The number of hydrogen-bond donors (Lipinski definition) is 1. The highest BCUT2D eigenvalue weighted by Gasteiger charge is 2.02. The van der Waals surface area contributed by atoms with E-state index in [0.717, 1.165) is 11.1 Å². The van der Waals surface area contributed by atoms with Gasteiger partial charge in [0.25, 0.3) is 5.56 Å². The number of rotatable bonds is 4. The molecule has 5 nitrogen and oxygen atoms in total. The second-order valence-corrected chi connectivity index (χ2v) is 3.85. The Morgan fingerprint density at radius 3 is 2.78 bits per heavy atom. The van der Waals surface area contributed by atoms with Crippen LogP contribution in [0, 0.1) is 0 Å². The Hall–Kier alpha value is -2.14. The summed E-state index contributed by atoms with van der Waals surface area (Å²) in [6.45, 7) is 0.331. The average molecular weight is 246 g/mol. The third-order valence-electron chi connectivity index (χ3n) is 2.56. The van der Waals surface area contributed by atoms with Crippen molar-refractivity contribution in [3.05, 3.63) is 57.9 Å². The van der Waals surface area contributed by atoms with Gasteiger partial charge in [0, 0.05) is 12.1 Å². The predicted octanol–water partition coefficient (Wildman–Crippen LogP) is 0.792. The number of ether oxygens (including phenoxy) is 1. The first-order valence-corrected chi connectivity index (χ1v) is 5.54. The summed E-state index contributed by atoms with van der Waals surface area (Å²) in [5.41, 5.74) is 1.53. The van der Waals surface area contributed by atoms with Gasteiger partial charge in [-0.2, -0.15) is 0 Å². The van der Waals surface area contributed by atoms with E-state index in [1.54, 1.807) is 0 Å². The second-order valence-electron chi connectivity index (χ2n) is 3.85. The van der Waals surface area contributed by atoms with Crippen LogP contribution in [0.3, 0.4) is 0 Å². The molecule has 5 heteroatoms. The fraction of sp³-hybridized carbons (Fsp3) is 0.231. The smallest absolute Gasteiger partial charge is 0.267 e. The fourth-order valence-corrected chi connectivity index (χ4v) is 1.65. The van der Waals surface area contributed by atoms with Gasteiger partial charge in [-0.3, -0.25) is 4.79 Å². The van der Waals surface area contributed by atoms with Crippen molar-refractivity contribution in [3.63, 3.8) is 0 Å². The summed E-state index contributed by atoms with van der Waals surface area (Å²) < 4.78 is 6.31. The zero-order chi connectivity index (χ0) is 13.0. The lowest BCUT2D eigenvalue weighted by atomic mass is 10.1. The molecule has 0 bridgehead atoms. The van der Waals surface area contributed by atoms with Crippen LogP contribution in [0.15, 0.2) is 41.2 Å². The van der Waals surface area contributed by atoms with Crippen LogP contribution in [-0.2, 0) is 13.2 Å². The van der Waals surface area contributed by atoms with Gasteiger partial charge in [0.1, 0.15) is 0 Å². The molecule has 1 aromatic heterocycles. The minimum atomic E-state index is -0.190. The van der Waals surface area contributed by atoms with Gasteiger partial charge < -0.3 is 9.84 Å². The molecule has 0 aliphatic heterocycles. The van der Waals surface area contributed by atoms with Crippen molar-refractivity contribution in [3.8, 4) is 5.88 Å². The van der Waals surface area contributed by atoms with Crippen LogP contribution < -0.4 is 10.3 Å². The Morgan fingerprint density at radius 1 is 1.28 bits per heavy atom.